The average Bonchev–Trinajstić information content (AvgIpc) is 3.05. The van der Waals surface area contributed by atoms with Crippen molar-refractivity contribution in [3.8, 4) is 5.75 Å². The van der Waals surface area contributed by atoms with Gasteiger partial charge in [-0.2, -0.15) is 4.98 Å². The second-order valence-corrected chi connectivity index (χ2v) is 5.88. The largest absolute Gasteiger partial charge is 0.485 e. The third kappa shape index (κ3) is 2.41. The Bertz CT molecular complexity index is 701. The number of rotatable bonds is 2. The fourth-order valence-corrected chi connectivity index (χ4v) is 3.08. The number of ether oxygens (including phenoxy) is 1. The van der Waals surface area contributed by atoms with Gasteiger partial charge < -0.3 is 14.6 Å². The molecule has 0 spiro atoms. The van der Waals surface area contributed by atoms with Gasteiger partial charge in [0.25, 0.3) is 0 Å². The van der Waals surface area contributed by atoms with Crippen molar-refractivity contribution in [2.75, 3.05) is 13.1 Å². The van der Waals surface area contributed by atoms with Gasteiger partial charge in [0.2, 0.25) is 11.7 Å². The zero-order valence-electron chi connectivity index (χ0n) is 12.6. The fourth-order valence-electron chi connectivity index (χ4n) is 3.08. The molecule has 1 N–H and O–H groups in total. The van der Waals surface area contributed by atoms with Crippen molar-refractivity contribution in [2.24, 2.45) is 0 Å². The van der Waals surface area contributed by atoms with Crippen molar-refractivity contribution < 1.29 is 9.26 Å². The predicted molar refractivity (Wildman–Crippen MR) is 83.5 cm³/mol. The molecule has 1 atom stereocenters. The summed E-state index contributed by atoms with van der Waals surface area (Å²) in [5, 5.41) is 7.54. The van der Waals surface area contributed by atoms with Crippen LogP contribution in [0.15, 0.2) is 28.8 Å². The molecule has 1 saturated heterocycles. The minimum absolute atomic E-state index is 0.0756. The van der Waals surface area contributed by atoms with Gasteiger partial charge in [-0.1, -0.05) is 23.4 Å². The van der Waals surface area contributed by atoms with Crippen LogP contribution in [-0.2, 0) is 0 Å². The van der Waals surface area contributed by atoms with E-state index in [1.165, 1.54) is 0 Å². The van der Waals surface area contributed by atoms with E-state index in [9.17, 15) is 0 Å². The van der Waals surface area contributed by atoms with Crippen molar-refractivity contribution in [3.63, 3.8) is 0 Å². The van der Waals surface area contributed by atoms with Crippen molar-refractivity contribution in [1.29, 1.82) is 0 Å². The zero-order valence-corrected chi connectivity index (χ0v) is 12.6. The molecule has 5 nitrogen and oxygen atoms in total. The number of piperidine rings is 1. The summed E-state index contributed by atoms with van der Waals surface area (Å²) in [4.78, 5) is 4.63. The number of nitrogens with one attached hydrogen (secondary N) is 1. The summed E-state index contributed by atoms with van der Waals surface area (Å²) in [6.45, 7) is 4.04. The highest BCUT2D eigenvalue weighted by atomic mass is 16.5. The molecule has 0 bridgehead atoms. The maximum atomic E-state index is 5.95. The molecule has 0 aliphatic carbocycles. The minimum Gasteiger partial charge on any atom is -0.485 e. The quantitative estimate of drug-likeness (QED) is 0.923. The van der Waals surface area contributed by atoms with Gasteiger partial charge in [-0.05, 0) is 45.0 Å². The second kappa shape index (κ2) is 5.57. The molecule has 1 aromatic carbocycles. The summed E-state index contributed by atoms with van der Waals surface area (Å²) in [5.74, 6) is 2.68. The number of nitrogens with zero attached hydrogens (tertiary/aromatic N) is 2. The Labute approximate surface area is 129 Å². The van der Waals surface area contributed by atoms with E-state index in [-0.39, 0.29) is 6.10 Å². The first-order valence-electron chi connectivity index (χ1n) is 7.83. The normalized spacial score (nSPS) is 21.9. The fraction of sp³-hybridized carbons (Fsp3) is 0.412. The van der Waals surface area contributed by atoms with Gasteiger partial charge in [-0.3, -0.25) is 0 Å². The van der Waals surface area contributed by atoms with E-state index in [4.69, 9.17) is 9.26 Å². The smallest absolute Gasteiger partial charge is 0.230 e. The molecule has 2 aliphatic heterocycles. The number of hydrogen-bond acceptors (Lipinski definition) is 5. The summed E-state index contributed by atoms with van der Waals surface area (Å²) >= 11 is 0. The van der Waals surface area contributed by atoms with Crippen LogP contribution in [0.2, 0.25) is 0 Å². The number of fused-ring (bicyclic) bond motifs is 1. The Kier molecular flexibility index (Phi) is 3.42. The lowest BCUT2D eigenvalue weighted by molar-refractivity contribution is 0.273. The van der Waals surface area contributed by atoms with Crippen molar-refractivity contribution in [2.45, 2.75) is 31.8 Å². The van der Waals surface area contributed by atoms with E-state index in [0.29, 0.717) is 11.7 Å². The van der Waals surface area contributed by atoms with Gasteiger partial charge in [0.15, 0.2) is 0 Å². The van der Waals surface area contributed by atoms with Gasteiger partial charge in [0.05, 0.1) is 0 Å². The number of benzene rings is 1. The van der Waals surface area contributed by atoms with Gasteiger partial charge in [0, 0.05) is 17.1 Å². The highest BCUT2D eigenvalue weighted by molar-refractivity contribution is 5.84. The number of para-hydroxylation sites is 1. The molecular formula is C17H19N3O2. The first-order chi connectivity index (χ1) is 10.8. The van der Waals surface area contributed by atoms with Crippen LogP contribution in [0.4, 0.5) is 0 Å². The first-order valence-corrected chi connectivity index (χ1v) is 7.83. The molecule has 5 heteroatoms. The molecule has 2 aliphatic rings. The van der Waals surface area contributed by atoms with Crippen LogP contribution in [0.25, 0.3) is 11.6 Å². The van der Waals surface area contributed by atoms with Gasteiger partial charge in [-0.25, -0.2) is 0 Å². The Hall–Kier alpha value is -2.14. The van der Waals surface area contributed by atoms with Gasteiger partial charge in [-0.15, -0.1) is 0 Å². The lowest BCUT2D eigenvalue weighted by Crippen LogP contribution is -2.26. The van der Waals surface area contributed by atoms with Gasteiger partial charge in [0.1, 0.15) is 11.9 Å². The molecule has 2 aromatic rings. The Balaban J connectivity index is 1.64. The van der Waals surface area contributed by atoms with Crippen molar-refractivity contribution >= 4 is 11.6 Å². The van der Waals surface area contributed by atoms with Crippen molar-refractivity contribution in [1.82, 2.24) is 15.5 Å². The van der Waals surface area contributed by atoms with Crippen LogP contribution in [0.5, 0.6) is 5.75 Å². The van der Waals surface area contributed by atoms with E-state index >= 15 is 0 Å². The summed E-state index contributed by atoms with van der Waals surface area (Å²) in [6, 6.07) is 8.00. The average molecular weight is 297 g/mol. The molecule has 1 fully saturated rings. The molecule has 0 saturated carbocycles. The Morgan fingerprint density at radius 1 is 1.18 bits per heavy atom. The SMILES string of the molecule is CC1Oc2ccccc2C=C1c1noc(C2CCNCC2)n1. The van der Waals surface area contributed by atoms with Crippen LogP contribution in [0.3, 0.4) is 0 Å². The molecule has 0 amide bonds. The number of hydrogen-bond donors (Lipinski definition) is 1. The third-order valence-electron chi connectivity index (χ3n) is 4.36. The highest BCUT2D eigenvalue weighted by Gasteiger charge is 2.26. The second-order valence-electron chi connectivity index (χ2n) is 5.88. The first kappa shape index (κ1) is 13.5. The summed E-state index contributed by atoms with van der Waals surface area (Å²) < 4.78 is 11.5. The lowest BCUT2D eigenvalue weighted by Gasteiger charge is -2.22. The van der Waals surface area contributed by atoms with Crippen LogP contribution in [-0.4, -0.2) is 29.3 Å². The van der Waals surface area contributed by atoms with Crippen LogP contribution in [0.1, 0.15) is 43.0 Å². The third-order valence-corrected chi connectivity index (χ3v) is 4.36. The van der Waals surface area contributed by atoms with Crippen LogP contribution >= 0.6 is 0 Å². The predicted octanol–water partition coefficient (Wildman–Crippen LogP) is 2.86. The van der Waals surface area contributed by atoms with E-state index < -0.39 is 0 Å². The van der Waals surface area contributed by atoms with E-state index in [0.717, 1.165) is 48.7 Å². The van der Waals surface area contributed by atoms with Gasteiger partial charge >= 0.3 is 0 Å². The zero-order chi connectivity index (χ0) is 14.9. The maximum absolute atomic E-state index is 5.95. The summed E-state index contributed by atoms with van der Waals surface area (Å²) in [5.41, 5.74) is 2.03. The maximum Gasteiger partial charge on any atom is 0.230 e. The number of aromatic nitrogens is 2. The summed E-state index contributed by atoms with van der Waals surface area (Å²) in [6.07, 6.45) is 4.12. The topological polar surface area (TPSA) is 60.2 Å². The molecule has 114 valence electrons. The standard InChI is InChI=1S/C17H19N3O2/c1-11-14(10-13-4-2-3-5-15(13)21-11)16-19-17(22-20-16)12-6-8-18-9-7-12/h2-5,10-12,18H,6-9H2,1H3. The lowest BCUT2D eigenvalue weighted by atomic mass is 9.98. The van der Waals surface area contributed by atoms with Crippen molar-refractivity contribution in [3.05, 3.63) is 41.5 Å². The summed E-state index contributed by atoms with van der Waals surface area (Å²) in [7, 11) is 0. The Morgan fingerprint density at radius 2 is 2.00 bits per heavy atom. The molecule has 1 aromatic heterocycles. The molecule has 22 heavy (non-hydrogen) atoms. The molecule has 0 radical (unpaired) electrons. The van der Waals surface area contributed by atoms with E-state index in [1.807, 2.05) is 31.2 Å². The molecular weight excluding hydrogens is 278 g/mol. The van der Waals surface area contributed by atoms with Crippen LogP contribution in [0, 0.1) is 0 Å². The molecule has 4 rings (SSSR count). The monoisotopic (exact) mass is 297 g/mol. The molecule has 1 unspecified atom stereocenters. The van der Waals surface area contributed by atoms with E-state index in [2.05, 4.69) is 21.5 Å². The minimum atomic E-state index is -0.0756. The molecule has 3 heterocycles. The van der Waals surface area contributed by atoms with Crippen LogP contribution < -0.4 is 10.1 Å². The highest BCUT2D eigenvalue weighted by Crippen LogP contribution is 2.34. The van der Waals surface area contributed by atoms with E-state index in [1.54, 1.807) is 0 Å². The Morgan fingerprint density at radius 3 is 2.86 bits per heavy atom.